The van der Waals surface area contributed by atoms with Crippen LogP contribution in [-0.2, 0) is 11.8 Å². The molecule has 0 spiro atoms. The van der Waals surface area contributed by atoms with Gasteiger partial charge >= 0.3 is 0 Å². The molecule has 0 amide bonds. The van der Waals surface area contributed by atoms with Crippen molar-refractivity contribution in [3.8, 4) is 0 Å². The summed E-state index contributed by atoms with van der Waals surface area (Å²) >= 11 is 1.27. The van der Waals surface area contributed by atoms with Gasteiger partial charge in [-0.1, -0.05) is 78.9 Å². The van der Waals surface area contributed by atoms with Crippen molar-refractivity contribution in [1.29, 1.82) is 0 Å². The molecule has 112 valence electrons. The molecule has 0 saturated carbocycles. The third kappa shape index (κ3) is 4.73. The number of thiol groups is 1. The van der Waals surface area contributed by atoms with Crippen molar-refractivity contribution < 1.29 is 0 Å². The van der Waals surface area contributed by atoms with Gasteiger partial charge in [0.25, 0.3) is 0 Å². The van der Waals surface area contributed by atoms with E-state index in [0.29, 0.717) is 0 Å². The van der Waals surface area contributed by atoms with Crippen molar-refractivity contribution >= 4 is 22.5 Å². The van der Waals surface area contributed by atoms with Gasteiger partial charge in [-0.2, -0.15) is 0 Å². The first kappa shape index (κ1) is 15.4. The SMILES string of the molecule is c1ccc([SH+]c2ccc3ccccc3c2)cc1.c1ccccc1. The third-order valence-corrected chi connectivity index (χ3v) is 4.51. The van der Waals surface area contributed by atoms with E-state index in [1.807, 2.05) is 36.4 Å². The molecule has 0 radical (unpaired) electrons. The molecule has 0 N–H and O–H groups in total. The van der Waals surface area contributed by atoms with Gasteiger partial charge in [0.05, 0.1) is 0 Å². The molecule has 4 aromatic rings. The van der Waals surface area contributed by atoms with E-state index in [1.165, 1.54) is 32.3 Å². The number of hydrogen-bond donors (Lipinski definition) is 0. The van der Waals surface area contributed by atoms with Crippen LogP contribution in [0, 0.1) is 0 Å². The maximum atomic E-state index is 2.27. The monoisotopic (exact) mass is 315 g/mol. The van der Waals surface area contributed by atoms with Crippen molar-refractivity contribution in [3.63, 3.8) is 0 Å². The summed E-state index contributed by atoms with van der Waals surface area (Å²) in [5, 5.41) is 2.62. The van der Waals surface area contributed by atoms with Crippen LogP contribution >= 0.6 is 0 Å². The molecule has 4 aromatic carbocycles. The molecule has 0 bridgehead atoms. The average Bonchev–Trinajstić information content (AvgIpc) is 2.64. The molecule has 0 aromatic heterocycles. The fourth-order valence-corrected chi connectivity index (χ4v) is 3.25. The van der Waals surface area contributed by atoms with Gasteiger partial charge in [-0.15, -0.1) is 0 Å². The first-order valence-corrected chi connectivity index (χ1v) is 8.57. The fourth-order valence-electron chi connectivity index (χ4n) is 2.28. The molecule has 0 fully saturated rings. The van der Waals surface area contributed by atoms with Gasteiger partial charge in [-0.25, -0.2) is 0 Å². The zero-order valence-corrected chi connectivity index (χ0v) is 13.7. The van der Waals surface area contributed by atoms with E-state index in [-0.39, 0.29) is 0 Å². The van der Waals surface area contributed by atoms with Gasteiger partial charge in [0.2, 0.25) is 0 Å². The van der Waals surface area contributed by atoms with Gasteiger partial charge < -0.3 is 0 Å². The highest BCUT2D eigenvalue weighted by molar-refractivity contribution is 7.78. The normalized spacial score (nSPS) is 9.91. The molecule has 0 aliphatic heterocycles. The van der Waals surface area contributed by atoms with Crippen LogP contribution < -0.4 is 0 Å². The second-order valence-electron chi connectivity index (χ2n) is 5.13. The number of rotatable bonds is 2. The van der Waals surface area contributed by atoms with Gasteiger partial charge in [-0.05, 0) is 35.0 Å². The van der Waals surface area contributed by atoms with E-state index in [9.17, 15) is 0 Å². The van der Waals surface area contributed by atoms with Crippen LogP contribution in [0.4, 0.5) is 0 Å². The quantitative estimate of drug-likeness (QED) is 0.326. The van der Waals surface area contributed by atoms with Crippen LogP contribution in [0.2, 0.25) is 0 Å². The Labute approximate surface area is 141 Å². The molecule has 0 atom stereocenters. The van der Waals surface area contributed by atoms with E-state index in [4.69, 9.17) is 0 Å². The minimum Gasteiger partial charge on any atom is -0.0623 e. The van der Waals surface area contributed by atoms with E-state index < -0.39 is 0 Å². The Kier molecular flexibility index (Phi) is 5.49. The molecular formula is C22H19S+. The van der Waals surface area contributed by atoms with Gasteiger partial charge in [0, 0.05) is 17.8 Å². The summed E-state index contributed by atoms with van der Waals surface area (Å²) in [7, 11) is 0. The van der Waals surface area contributed by atoms with Gasteiger partial charge in [0.15, 0.2) is 9.79 Å². The largest absolute Gasteiger partial charge is 0.158 e. The summed E-state index contributed by atoms with van der Waals surface area (Å²) < 4.78 is 0. The topological polar surface area (TPSA) is 0 Å². The standard InChI is InChI=1S/C16H12S.C6H6/c1-2-8-15(9-3-1)17-16-11-10-13-6-4-5-7-14(13)12-16;1-2-4-6-5-3-1/h1-12H;1-6H/p+1. The Morgan fingerprint density at radius 2 is 0.913 bits per heavy atom. The summed E-state index contributed by atoms with van der Waals surface area (Å²) in [6.07, 6.45) is 0. The summed E-state index contributed by atoms with van der Waals surface area (Å²) in [6.45, 7) is 0. The summed E-state index contributed by atoms with van der Waals surface area (Å²) in [6, 6.07) is 37.7. The van der Waals surface area contributed by atoms with E-state index in [0.717, 1.165) is 0 Å². The Morgan fingerprint density at radius 3 is 1.57 bits per heavy atom. The Hall–Kier alpha value is -2.51. The Morgan fingerprint density at radius 1 is 0.391 bits per heavy atom. The van der Waals surface area contributed by atoms with Crippen LogP contribution in [0.25, 0.3) is 10.8 Å². The second kappa shape index (κ2) is 8.21. The van der Waals surface area contributed by atoms with Crippen molar-refractivity contribution in [2.75, 3.05) is 0 Å². The third-order valence-electron chi connectivity index (χ3n) is 3.41. The lowest BCUT2D eigenvalue weighted by Crippen LogP contribution is -1.84. The molecule has 0 saturated heterocycles. The van der Waals surface area contributed by atoms with Crippen LogP contribution in [0.3, 0.4) is 0 Å². The minimum atomic E-state index is 1.27. The highest BCUT2D eigenvalue weighted by Gasteiger charge is 2.06. The molecule has 0 aliphatic rings. The van der Waals surface area contributed by atoms with Crippen molar-refractivity contribution in [3.05, 3.63) is 109 Å². The lowest BCUT2D eigenvalue weighted by Gasteiger charge is -1.97. The number of fused-ring (bicyclic) bond motifs is 1. The van der Waals surface area contributed by atoms with E-state index >= 15 is 0 Å². The van der Waals surface area contributed by atoms with Crippen LogP contribution in [-0.4, -0.2) is 0 Å². The maximum absolute atomic E-state index is 2.27. The smallest absolute Gasteiger partial charge is 0.0623 e. The Bertz CT molecular complexity index is 812. The van der Waals surface area contributed by atoms with Crippen LogP contribution in [0.15, 0.2) is 119 Å². The molecule has 0 aliphatic carbocycles. The zero-order valence-electron chi connectivity index (χ0n) is 12.8. The lowest BCUT2D eigenvalue weighted by atomic mass is 10.1. The van der Waals surface area contributed by atoms with Gasteiger partial charge in [-0.3, -0.25) is 0 Å². The fraction of sp³-hybridized carbons (Fsp3) is 0. The van der Waals surface area contributed by atoms with Crippen molar-refractivity contribution in [1.82, 2.24) is 0 Å². The van der Waals surface area contributed by atoms with Gasteiger partial charge in [0.1, 0.15) is 0 Å². The number of benzene rings is 4. The zero-order chi connectivity index (χ0) is 15.7. The molecule has 0 unspecified atom stereocenters. The van der Waals surface area contributed by atoms with E-state index in [2.05, 4.69) is 72.8 Å². The van der Waals surface area contributed by atoms with E-state index in [1.54, 1.807) is 0 Å². The molecule has 1 heteroatoms. The first-order chi connectivity index (χ1) is 11.4. The molecule has 0 heterocycles. The Balaban J connectivity index is 0.000000220. The number of hydrogen-bond acceptors (Lipinski definition) is 0. The summed E-state index contributed by atoms with van der Waals surface area (Å²) in [5.41, 5.74) is 0. The predicted molar refractivity (Wildman–Crippen MR) is 102 cm³/mol. The molecule has 0 nitrogen and oxygen atoms in total. The van der Waals surface area contributed by atoms with Crippen LogP contribution in [0.5, 0.6) is 0 Å². The average molecular weight is 315 g/mol. The highest BCUT2D eigenvalue weighted by Crippen LogP contribution is 2.19. The minimum absolute atomic E-state index is 1.27. The van der Waals surface area contributed by atoms with Crippen LogP contribution in [0.1, 0.15) is 0 Å². The van der Waals surface area contributed by atoms with Crippen molar-refractivity contribution in [2.45, 2.75) is 9.79 Å². The first-order valence-electron chi connectivity index (χ1n) is 7.67. The molecular weight excluding hydrogens is 296 g/mol. The van der Waals surface area contributed by atoms with Crippen molar-refractivity contribution in [2.24, 2.45) is 0 Å². The lowest BCUT2D eigenvalue weighted by molar-refractivity contribution is 1.42. The second-order valence-corrected chi connectivity index (χ2v) is 6.39. The molecule has 4 rings (SSSR count). The molecule has 23 heavy (non-hydrogen) atoms. The maximum Gasteiger partial charge on any atom is 0.158 e. The predicted octanol–water partition coefficient (Wildman–Crippen LogP) is 5.76. The summed E-state index contributed by atoms with van der Waals surface area (Å²) in [4.78, 5) is 2.68. The highest BCUT2D eigenvalue weighted by atomic mass is 32.2. The summed E-state index contributed by atoms with van der Waals surface area (Å²) in [5.74, 6) is 0.